The normalized spacial score (nSPS) is 35.5. The number of nitrogens with zero attached hydrogens (tertiary/aromatic N) is 1. The van der Waals surface area contributed by atoms with Gasteiger partial charge in [-0.2, -0.15) is 0 Å². The minimum Gasteiger partial charge on any atom is -0.379 e. The molecule has 1 fully saturated rings. The van der Waals surface area contributed by atoms with Crippen LogP contribution < -0.4 is 5.73 Å². The Balaban J connectivity index is 2.16. The van der Waals surface area contributed by atoms with Gasteiger partial charge in [-0.3, -0.25) is 4.99 Å². The fourth-order valence-electron chi connectivity index (χ4n) is 2.68. The van der Waals surface area contributed by atoms with Gasteiger partial charge in [0, 0.05) is 10.0 Å². The van der Waals surface area contributed by atoms with Crippen LogP contribution in [0.1, 0.15) is 12.5 Å². The topological polar surface area (TPSA) is 38.4 Å². The van der Waals surface area contributed by atoms with E-state index in [-0.39, 0.29) is 10.7 Å². The second-order valence-electron chi connectivity index (χ2n) is 4.91. The van der Waals surface area contributed by atoms with E-state index in [4.69, 9.17) is 5.73 Å². The first-order valence-electron chi connectivity index (χ1n) is 5.62. The van der Waals surface area contributed by atoms with Gasteiger partial charge in [-0.05, 0) is 25.1 Å². The predicted octanol–water partition coefficient (Wildman–Crippen LogP) is 3.50. The Morgan fingerprint density at radius 1 is 1.42 bits per heavy atom. The van der Waals surface area contributed by atoms with Crippen LogP contribution in [0.3, 0.4) is 0 Å². The Labute approximate surface area is 120 Å². The molecule has 1 unspecified atom stereocenters. The molecule has 1 aliphatic carbocycles. The number of rotatable bonds is 1. The Bertz CT molecular complexity index is 592. The molecule has 0 radical (unpaired) electrons. The van der Waals surface area contributed by atoms with Crippen molar-refractivity contribution >= 4 is 32.9 Å². The molecule has 0 aromatic heterocycles. The first kappa shape index (κ1) is 13.3. The van der Waals surface area contributed by atoms with Crippen LogP contribution in [0.4, 0.5) is 13.2 Å². The van der Waals surface area contributed by atoms with Crippen molar-refractivity contribution in [3.63, 3.8) is 0 Å². The van der Waals surface area contributed by atoms with Crippen molar-refractivity contribution in [3.05, 3.63) is 34.1 Å². The van der Waals surface area contributed by atoms with Gasteiger partial charge in [0.15, 0.2) is 5.17 Å². The minimum absolute atomic E-state index is 0.0836. The molecule has 3 rings (SSSR count). The molecular formula is C12H10BrF3N2S. The average molecular weight is 351 g/mol. The summed E-state index contributed by atoms with van der Waals surface area (Å²) < 4.78 is 42.2. The van der Waals surface area contributed by atoms with E-state index in [1.165, 1.54) is 25.1 Å². The standard InChI is InChI=1S/C12H10BrF3N2S/c1-11(6-4-5(13)2-3-7(6)14)8-9(12(8,15)16)19-10(17)18-11/h2-4,8-9H,1H3,(H2,17,18)/t8-,9?,11-/m1/s1. The highest BCUT2D eigenvalue weighted by molar-refractivity contribution is 9.10. The molecule has 1 aromatic carbocycles. The molecule has 2 aliphatic rings. The second kappa shape index (κ2) is 3.91. The summed E-state index contributed by atoms with van der Waals surface area (Å²) in [5.41, 5.74) is 4.45. The predicted molar refractivity (Wildman–Crippen MR) is 72.9 cm³/mol. The van der Waals surface area contributed by atoms with Crippen LogP contribution in [0.25, 0.3) is 0 Å². The lowest BCUT2D eigenvalue weighted by Gasteiger charge is -2.29. The molecule has 2 nitrogen and oxygen atoms in total. The van der Waals surface area contributed by atoms with Gasteiger partial charge in [0.2, 0.25) is 0 Å². The summed E-state index contributed by atoms with van der Waals surface area (Å²) in [5.74, 6) is -4.42. The number of thioether (sulfide) groups is 1. The number of amidine groups is 1. The summed E-state index contributed by atoms with van der Waals surface area (Å²) in [6.45, 7) is 1.52. The number of aliphatic imine (C=N–C) groups is 1. The van der Waals surface area contributed by atoms with Crippen LogP contribution in [0, 0.1) is 11.7 Å². The highest BCUT2D eigenvalue weighted by Gasteiger charge is 2.77. The third kappa shape index (κ3) is 1.81. The van der Waals surface area contributed by atoms with Gasteiger partial charge in [-0.15, -0.1) is 0 Å². The first-order chi connectivity index (χ1) is 8.76. The lowest BCUT2D eigenvalue weighted by Crippen LogP contribution is -2.32. The Morgan fingerprint density at radius 2 is 2.11 bits per heavy atom. The smallest absolute Gasteiger partial charge is 0.267 e. The molecule has 102 valence electrons. The number of fused-ring (bicyclic) bond motifs is 1. The van der Waals surface area contributed by atoms with Gasteiger partial charge in [0.25, 0.3) is 5.92 Å². The van der Waals surface area contributed by atoms with Gasteiger partial charge in [-0.25, -0.2) is 13.2 Å². The number of hydrogen-bond acceptors (Lipinski definition) is 3. The van der Waals surface area contributed by atoms with Gasteiger partial charge in [0.1, 0.15) is 5.82 Å². The van der Waals surface area contributed by atoms with Crippen molar-refractivity contribution in [2.75, 3.05) is 0 Å². The molecule has 3 atom stereocenters. The number of halogens is 4. The molecule has 1 saturated carbocycles. The second-order valence-corrected chi connectivity index (χ2v) is 6.99. The fourth-order valence-corrected chi connectivity index (χ4v) is 4.35. The van der Waals surface area contributed by atoms with Crippen LogP contribution in [0.15, 0.2) is 27.7 Å². The first-order valence-corrected chi connectivity index (χ1v) is 7.29. The molecule has 0 bridgehead atoms. The molecule has 0 spiro atoms. The van der Waals surface area contributed by atoms with Gasteiger partial charge in [-0.1, -0.05) is 27.7 Å². The Morgan fingerprint density at radius 3 is 2.79 bits per heavy atom. The highest BCUT2D eigenvalue weighted by Crippen LogP contribution is 2.66. The molecule has 0 saturated heterocycles. The van der Waals surface area contributed by atoms with Crippen molar-refractivity contribution in [2.45, 2.75) is 23.6 Å². The van der Waals surface area contributed by atoms with E-state index in [2.05, 4.69) is 20.9 Å². The monoisotopic (exact) mass is 350 g/mol. The lowest BCUT2D eigenvalue weighted by atomic mass is 9.87. The van der Waals surface area contributed by atoms with Gasteiger partial charge < -0.3 is 5.73 Å². The number of alkyl halides is 2. The van der Waals surface area contributed by atoms with Crippen molar-refractivity contribution in [3.8, 4) is 0 Å². The molecule has 1 aromatic rings. The van der Waals surface area contributed by atoms with E-state index in [1.54, 1.807) is 0 Å². The zero-order valence-corrected chi connectivity index (χ0v) is 12.2. The van der Waals surface area contributed by atoms with Crippen molar-refractivity contribution in [2.24, 2.45) is 16.6 Å². The largest absolute Gasteiger partial charge is 0.379 e. The van der Waals surface area contributed by atoms with Gasteiger partial charge in [0.05, 0.1) is 16.7 Å². The van der Waals surface area contributed by atoms with Crippen molar-refractivity contribution < 1.29 is 13.2 Å². The summed E-state index contributed by atoms with van der Waals surface area (Å²) in [7, 11) is 0. The summed E-state index contributed by atoms with van der Waals surface area (Å²) in [6.07, 6.45) is 0. The molecule has 0 amide bonds. The molecular weight excluding hydrogens is 341 g/mol. The van der Waals surface area contributed by atoms with Crippen molar-refractivity contribution in [1.29, 1.82) is 0 Å². The van der Waals surface area contributed by atoms with Gasteiger partial charge >= 0.3 is 0 Å². The van der Waals surface area contributed by atoms with E-state index >= 15 is 0 Å². The van der Waals surface area contributed by atoms with E-state index in [0.717, 1.165) is 11.8 Å². The molecule has 19 heavy (non-hydrogen) atoms. The lowest BCUT2D eigenvalue weighted by molar-refractivity contribution is 0.0819. The maximum atomic E-state index is 14.0. The SMILES string of the molecule is C[C@]1(c2cc(Br)ccc2F)N=C(N)SC2[C@H]1C2(F)F. The van der Waals surface area contributed by atoms with E-state index in [9.17, 15) is 13.2 Å². The number of hydrogen-bond donors (Lipinski definition) is 1. The summed E-state index contributed by atoms with van der Waals surface area (Å²) in [6, 6.07) is 4.26. The Hall–Kier alpha value is -0.690. The average Bonchev–Trinajstić information content (AvgIpc) is 2.85. The zero-order chi connectivity index (χ0) is 14.0. The summed E-state index contributed by atoms with van der Waals surface area (Å²) >= 11 is 4.10. The third-order valence-corrected chi connectivity index (χ3v) is 5.32. The highest BCUT2D eigenvalue weighted by atomic mass is 79.9. The van der Waals surface area contributed by atoms with E-state index < -0.39 is 28.4 Å². The van der Waals surface area contributed by atoms with E-state index in [1.807, 2.05) is 0 Å². The number of nitrogens with two attached hydrogens (primary N) is 1. The van der Waals surface area contributed by atoms with Crippen molar-refractivity contribution in [1.82, 2.24) is 0 Å². The van der Waals surface area contributed by atoms with Crippen LogP contribution in [0.2, 0.25) is 0 Å². The fraction of sp³-hybridized carbons (Fsp3) is 0.417. The molecule has 1 heterocycles. The van der Waals surface area contributed by atoms with Crippen LogP contribution in [-0.4, -0.2) is 16.3 Å². The quantitative estimate of drug-likeness (QED) is 0.841. The van der Waals surface area contributed by atoms with Crippen LogP contribution >= 0.6 is 27.7 Å². The zero-order valence-electron chi connectivity index (χ0n) is 9.83. The van der Waals surface area contributed by atoms with Crippen LogP contribution in [0.5, 0.6) is 0 Å². The third-order valence-electron chi connectivity index (χ3n) is 3.66. The number of benzene rings is 1. The summed E-state index contributed by atoms with van der Waals surface area (Å²) in [4.78, 5) is 4.12. The maximum absolute atomic E-state index is 14.0. The van der Waals surface area contributed by atoms with Crippen LogP contribution in [-0.2, 0) is 5.54 Å². The molecule has 1 aliphatic heterocycles. The molecule has 7 heteroatoms. The Kier molecular flexibility index (Phi) is 2.74. The van der Waals surface area contributed by atoms with E-state index in [0.29, 0.717) is 4.47 Å². The summed E-state index contributed by atoms with van der Waals surface area (Å²) in [5, 5.41) is -0.825. The maximum Gasteiger partial charge on any atom is 0.267 e. The molecule has 2 N–H and O–H groups in total. The minimum atomic E-state index is -2.86.